The minimum absolute atomic E-state index is 0.0244. The van der Waals surface area contributed by atoms with Crippen molar-refractivity contribution in [2.45, 2.75) is 205 Å². The molecule has 0 saturated heterocycles. The summed E-state index contributed by atoms with van der Waals surface area (Å²) in [5, 5.41) is 67.9. The lowest BCUT2D eigenvalue weighted by atomic mass is 10.00. The maximum atomic E-state index is 14.6. The van der Waals surface area contributed by atoms with Gasteiger partial charge in [0.15, 0.2) is 0 Å². The van der Waals surface area contributed by atoms with E-state index in [1.54, 1.807) is 189 Å². The summed E-state index contributed by atoms with van der Waals surface area (Å²) in [6.07, 6.45) is -1.02. The molecule has 26 N–H and O–H groups in total. The molecule has 22 amide bonds. The summed E-state index contributed by atoms with van der Waals surface area (Å²) in [5.41, 5.74) is 12.5. The highest BCUT2D eigenvalue weighted by molar-refractivity contribution is 7.98. The number of benzene rings is 4. The van der Waals surface area contributed by atoms with Gasteiger partial charge in [-0.25, -0.2) is 0 Å². The summed E-state index contributed by atoms with van der Waals surface area (Å²) in [6, 6.07) is 14.8. The van der Waals surface area contributed by atoms with Gasteiger partial charge in [0.2, 0.25) is 130 Å². The molecule has 798 valence electrons. The molecule has 0 saturated carbocycles. The summed E-state index contributed by atoms with van der Waals surface area (Å²) >= 11 is 2.56. The van der Waals surface area contributed by atoms with Crippen LogP contribution in [0, 0.1) is 23.7 Å². The Labute approximate surface area is 852 Å². The minimum Gasteiger partial charge on any atom is -0.481 e. The number of amides is 22. The molecule has 0 bridgehead atoms. The predicted molar refractivity (Wildman–Crippen MR) is 535 cm³/mol. The van der Waals surface area contributed by atoms with Gasteiger partial charge in [0.1, 0.15) is 72.5 Å². The Balaban J connectivity index is 1.41. The highest BCUT2D eigenvalue weighted by atomic mass is 32.2. The average Bonchev–Trinajstić information content (AvgIpc) is 0.839. The highest BCUT2D eigenvalue weighted by Gasteiger charge is 2.39. The van der Waals surface area contributed by atoms with Crippen molar-refractivity contribution in [1.29, 1.82) is 0 Å². The number of carboxylic acids is 2. The molecule has 0 fully saturated rings. The van der Waals surface area contributed by atoms with E-state index in [1.807, 2.05) is 0 Å². The van der Waals surface area contributed by atoms with Gasteiger partial charge >= 0.3 is 11.9 Å². The minimum atomic E-state index is -1.83. The Morgan fingerprint density at radius 3 is 0.747 bits per heavy atom. The largest absolute Gasteiger partial charge is 0.481 e. The van der Waals surface area contributed by atoms with E-state index in [-0.39, 0.29) is 74.7 Å². The highest BCUT2D eigenvalue weighted by Crippen LogP contribution is 2.17. The summed E-state index contributed by atoms with van der Waals surface area (Å²) in [4.78, 5) is 323. The molecular formula is C96H136N22O26S2. The van der Waals surface area contributed by atoms with Gasteiger partial charge < -0.3 is 117 Å². The molecule has 0 aliphatic heterocycles. The quantitative estimate of drug-likeness (QED) is 0.0196. The molecule has 48 nitrogen and oxygen atoms in total. The van der Waals surface area contributed by atoms with Crippen LogP contribution in [0.4, 0.5) is 0 Å². The lowest BCUT2D eigenvalue weighted by Crippen LogP contribution is -2.60. The number of aliphatic carboxylic acids is 2. The lowest BCUT2D eigenvalue weighted by molar-refractivity contribution is -0.141. The fourth-order valence-electron chi connectivity index (χ4n) is 14.0. The second-order valence-electron chi connectivity index (χ2n) is 35.4. The summed E-state index contributed by atoms with van der Waals surface area (Å²) in [6.45, 7) is 8.18. The number of nitrogens with two attached hydrogens (primary N) is 2. The third-order valence-corrected chi connectivity index (χ3v) is 22.8. The van der Waals surface area contributed by atoms with Crippen LogP contribution < -0.4 is 118 Å². The molecule has 0 aliphatic carbocycles. The van der Waals surface area contributed by atoms with Gasteiger partial charge in [-0.15, -0.1) is 0 Å². The molecule has 0 aliphatic rings. The fraction of sp³-hybridized carbons (Fsp3) is 0.500. The number of carboxylic acid groups (broad SMARTS) is 2. The van der Waals surface area contributed by atoms with Gasteiger partial charge in [-0.3, -0.25) is 126 Å². The normalized spacial score (nSPS) is 13.4. The first-order valence-electron chi connectivity index (χ1n) is 47.1. The zero-order valence-corrected chi connectivity index (χ0v) is 84.6. The fourth-order valence-corrected chi connectivity index (χ4v) is 14.9. The van der Waals surface area contributed by atoms with Crippen LogP contribution in [0.1, 0.15) is 129 Å². The molecule has 146 heavy (non-hydrogen) atoms. The third-order valence-electron chi connectivity index (χ3n) is 21.5. The predicted octanol–water partition coefficient (Wildman–Crippen LogP) is -5.68. The van der Waals surface area contributed by atoms with Crippen molar-refractivity contribution < 1.29 is 125 Å². The summed E-state index contributed by atoms with van der Waals surface area (Å²) < 4.78 is 0. The van der Waals surface area contributed by atoms with Crippen LogP contribution in [0.3, 0.4) is 0 Å². The van der Waals surface area contributed by atoms with Crippen molar-refractivity contribution in [3.05, 3.63) is 144 Å². The van der Waals surface area contributed by atoms with Crippen LogP contribution in [-0.4, -0.2) is 301 Å². The van der Waals surface area contributed by atoms with E-state index in [2.05, 4.69) is 106 Å². The van der Waals surface area contributed by atoms with E-state index in [0.717, 1.165) is 0 Å². The van der Waals surface area contributed by atoms with Gasteiger partial charge in [0.05, 0.1) is 65.2 Å². The third kappa shape index (κ3) is 49.0. The topological polar surface area (TPSA) is 743 Å². The smallest absolute Gasteiger partial charge is 0.305 e. The molecular weight excluding hydrogens is 1940 g/mol. The molecule has 0 heterocycles. The second-order valence-corrected chi connectivity index (χ2v) is 37.3. The molecule has 4 aromatic rings. The molecule has 4 rings (SSSR count). The van der Waals surface area contributed by atoms with Gasteiger partial charge in [0.25, 0.3) is 0 Å². The number of hydrogen-bond acceptors (Lipinski definition) is 28. The Morgan fingerprint density at radius 2 is 0.493 bits per heavy atom. The molecule has 0 spiro atoms. The van der Waals surface area contributed by atoms with Crippen LogP contribution in [0.15, 0.2) is 121 Å². The zero-order chi connectivity index (χ0) is 109. The number of carbonyl (C=O) groups excluding carboxylic acids is 22. The van der Waals surface area contributed by atoms with Crippen molar-refractivity contribution in [2.24, 2.45) is 35.1 Å². The molecule has 4 aromatic carbocycles. The average molecular weight is 2080 g/mol. The van der Waals surface area contributed by atoms with Crippen LogP contribution in [0.2, 0.25) is 0 Å². The first-order chi connectivity index (χ1) is 69.2. The van der Waals surface area contributed by atoms with Crippen molar-refractivity contribution in [1.82, 2.24) is 106 Å². The standard InChI is InChI=1S/C96H136N22O26S2/c1-53(2)37-63(105-79(127)51-103-95(143)83(55(5)6)117-93(141)67(41-59-27-19-13-20-28-59)113-89(137)65(39-57-23-15-11-16-24-57)111-91(139)69(43-81(129)130)107-77(125)49-101-75(123)47-99-73(121)45-97)87(135)109-61(33-35-145-9)85(133)115-71(119)31-32-72(120)116-86(134)62(34-36-146-10)110-88(136)64(38-54(3)4)106-80(128)52-104-96(144)84(56(7)8)118-94(142)68(42-60-29-21-14-22-30-60)114-90(138)66(40-58-25-17-12-18-26-58)112-92(140)70(44-82(131)132)108-78(126)50-102-76(124)48-100-74(122)46-98/h11-30,53-56,61-70,83-84H,31-52,97-98H2,1-10H3,(H,99,121)(H,100,122)(H,101,123)(H,102,124)(H,103,143)(H,104,144)(H,105,127)(H,106,128)(H,107,125)(H,108,126)(H,109,135)(H,110,136)(H,111,139)(H,112,140)(H,113,137)(H,114,138)(H,117,141)(H,118,142)(H,129,130)(H,131,132)(H,115,119,133)(H,116,120,134)/t61-,62-,63-,64-,65-,66-,67-,68-,69-,70-,83-,84-/m0/s1. The molecule has 0 radical (unpaired) electrons. The van der Waals surface area contributed by atoms with E-state index in [0.29, 0.717) is 22.3 Å². The van der Waals surface area contributed by atoms with E-state index in [9.17, 15) is 125 Å². The zero-order valence-electron chi connectivity index (χ0n) is 83.0. The number of thioether (sulfide) groups is 2. The van der Waals surface area contributed by atoms with E-state index >= 15 is 0 Å². The van der Waals surface area contributed by atoms with E-state index < -0.39 is 304 Å². The van der Waals surface area contributed by atoms with Crippen LogP contribution in [-0.2, 0) is 141 Å². The van der Waals surface area contributed by atoms with Crippen LogP contribution in [0.5, 0.6) is 0 Å². The number of imide groups is 2. The van der Waals surface area contributed by atoms with E-state index in [1.165, 1.54) is 23.5 Å². The lowest BCUT2D eigenvalue weighted by Gasteiger charge is -2.28. The number of carbonyl (C=O) groups is 24. The molecule has 50 heteroatoms. The SMILES string of the molecule is CSCC[C@H](NC(=O)[C@H](CC(C)C)NC(=O)CNC(=O)[C@@H](NC(=O)[C@H](Cc1ccccc1)NC(=O)[C@H](Cc1ccccc1)NC(=O)[C@H](CC(=O)O)NC(=O)CNC(=O)CNC(=O)CN)C(C)C)C(=O)NC(=O)CCC(=O)NC(=O)[C@H](CCSC)NC(=O)[C@H](CC(C)C)NC(=O)CNC(=O)[C@@H](NC(=O)[C@H](Cc1ccccc1)NC(=O)[C@H](Cc1ccccc1)NC(=O)[C@H](CC(=O)O)NC(=O)CNC(=O)CNC(=O)CN)C(C)C. The summed E-state index contributed by atoms with van der Waals surface area (Å²) in [7, 11) is 0. The van der Waals surface area contributed by atoms with Gasteiger partial charge in [-0.2, -0.15) is 23.5 Å². The number of nitrogens with one attached hydrogen (secondary N) is 20. The second kappa shape index (κ2) is 66.2. The first-order valence-corrected chi connectivity index (χ1v) is 49.9. The van der Waals surface area contributed by atoms with Crippen molar-refractivity contribution in [3.8, 4) is 0 Å². The van der Waals surface area contributed by atoms with Crippen LogP contribution >= 0.6 is 23.5 Å². The van der Waals surface area contributed by atoms with Gasteiger partial charge in [-0.05, 0) is 95.6 Å². The van der Waals surface area contributed by atoms with Gasteiger partial charge in [0, 0.05) is 38.5 Å². The molecule has 0 aromatic heterocycles. The number of hydrogen-bond donors (Lipinski definition) is 24. The van der Waals surface area contributed by atoms with Crippen molar-refractivity contribution >= 4 is 165 Å². The maximum absolute atomic E-state index is 14.6. The molecule has 12 atom stereocenters. The Bertz CT molecular complexity index is 4820. The maximum Gasteiger partial charge on any atom is 0.305 e. The Kier molecular flexibility index (Phi) is 56.0. The van der Waals surface area contributed by atoms with Gasteiger partial charge in [-0.1, -0.05) is 177 Å². The van der Waals surface area contributed by atoms with Crippen molar-refractivity contribution in [2.75, 3.05) is 76.4 Å². The first kappa shape index (κ1) is 123. The number of rotatable bonds is 65. The van der Waals surface area contributed by atoms with Crippen LogP contribution in [0.25, 0.3) is 0 Å². The van der Waals surface area contributed by atoms with E-state index in [4.69, 9.17) is 11.5 Å². The monoisotopic (exact) mass is 2080 g/mol. The molecule has 0 unspecified atom stereocenters. The van der Waals surface area contributed by atoms with Crippen molar-refractivity contribution in [3.63, 3.8) is 0 Å². The summed E-state index contributed by atoms with van der Waals surface area (Å²) in [5.74, 6) is -25.1. The Hall–Kier alpha value is -14.8. The Morgan fingerprint density at radius 1 is 0.260 bits per heavy atom.